The highest BCUT2D eigenvalue weighted by Gasteiger charge is 2.40. The second-order valence-corrected chi connectivity index (χ2v) is 7.85. The van der Waals surface area contributed by atoms with Crippen LogP contribution in [0, 0.1) is 5.92 Å². The van der Waals surface area contributed by atoms with Crippen LogP contribution in [0.1, 0.15) is 19.3 Å². The number of amides is 1. The third-order valence-corrected chi connectivity index (χ3v) is 6.10. The average molecular weight is 319 g/mol. The first-order valence-electron chi connectivity index (χ1n) is 6.93. The van der Waals surface area contributed by atoms with E-state index in [0.29, 0.717) is 25.9 Å². The van der Waals surface area contributed by atoms with E-state index in [4.69, 9.17) is 5.11 Å². The van der Waals surface area contributed by atoms with Crippen molar-refractivity contribution in [1.82, 2.24) is 13.5 Å². The van der Waals surface area contributed by atoms with Crippen LogP contribution in [0.4, 0.5) is 0 Å². The number of carbonyl (C=O) groups excluding carboxylic acids is 1. The predicted molar refractivity (Wildman–Crippen MR) is 74.7 cm³/mol. The Balaban J connectivity index is 1.96. The van der Waals surface area contributed by atoms with Gasteiger partial charge in [-0.2, -0.15) is 17.0 Å². The van der Waals surface area contributed by atoms with Crippen molar-refractivity contribution in [3.05, 3.63) is 0 Å². The van der Waals surface area contributed by atoms with Crippen molar-refractivity contribution in [2.75, 3.05) is 33.7 Å². The molecular formula is C12H21N3O5S. The van der Waals surface area contributed by atoms with E-state index in [2.05, 4.69) is 0 Å². The molecule has 8 nitrogen and oxygen atoms in total. The molecule has 120 valence electrons. The summed E-state index contributed by atoms with van der Waals surface area (Å²) in [5.74, 6) is -1.73. The Bertz CT molecular complexity index is 525. The van der Waals surface area contributed by atoms with Crippen LogP contribution in [0.25, 0.3) is 0 Å². The van der Waals surface area contributed by atoms with Gasteiger partial charge in [0.2, 0.25) is 5.91 Å². The monoisotopic (exact) mass is 319 g/mol. The minimum atomic E-state index is -3.42. The van der Waals surface area contributed by atoms with E-state index >= 15 is 0 Å². The molecule has 1 N–H and O–H groups in total. The van der Waals surface area contributed by atoms with Gasteiger partial charge in [-0.25, -0.2) is 0 Å². The number of aliphatic carboxylic acids is 1. The maximum absolute atomic E-state index is 12.0. The SMILES string of the molecule is CN(C)S(=O)(=O)N1CCC(N2CC(C(=O)O)CC2=O)CC1. The smallest absolute Gasteiger partial charge is 0.308 e. The number of carboxylic acid groups (broad SMARTS) is 1. The minimum absolute atomic E-state index is 0.0472. The van der Waals surface area contributed by atoms with E-state index in [9.17, 15) is 18.0 Å². The summed E-state index contributed by atoms with van der Waals surface area (Å²) >= 11 is 0. The number of rotatable bonds is 4. The largest absolute Gasteiger partial charge is 0.481 e. The summed E-state index contributed by atoms with van der Waals surface area (Å²) in [6.45, 7) is 0.943. The molecule has 2 aliphatic rings. The molecule has 0 aliphatic carbocycles. The summed E-state index contributed by atoms with van der Waals surface area (Å²) in [7, 11) is -0.438. The molecule has 2 aliphatic heterocycles. The van der Waals surface area contributed by atoms with E-state index in [0.717, 1.165) is 0 Å². The standard InChI is InChI=1S/C12H21N3O5S/c1-13(2)21(19,20)14-5-3-10(4-6-14)15-8-9(12(17)18)7-11(15)16/h9-10H,3-8H2,1-2H3,(H,17,18). The molecule has 1 atom stereocenters. The number of piperidine rings is 1. The highest BCUT2D eigenvalue weighted by atomic mass is 32.2. The molecule has 0 aromatic rings. The first-order valence-corrected chi connectivity index (χ1v) is 8.33. The zero-order valence-corrected chi connectivity index (χ0v) is 13.0. The van der Waals surface area contributed by atoms with Crippen LogP contribution in [0.5, 0.6) is 0 Å². The summed E-state index contributed by atoms with van der Waals surface area (Å²) in [5, 5.41) is 8.99. The molecule has 9 heteroatoms. The van der Waals surface area contributed by atoms with E-state index in [1.807, 2.05) is 0 Å². The normalized spacial score (nSPS) is 25.8. The Hall–Kier alpha value is -1.19. The number of hydrogen-bond donors (Lipinski definition) is 1. The lowest BCUT2D eigenvalue weighted by molar-refractivity contribution is -0.141. The van der Waals surface area contributed by atoms with Crippen LogP contribution in [-0.4, -0.2) is 78.7 Å². The van der Waals surface area contributed by atoms with Gasteiger partial charge in [-0.15, -0.1) is 0 Å². The molecule has 0 spiro atoms. The van der Waals surface area contributed by atoms with Crippen molar-refractivity contribution >= 4 is 22.1 Å². The Morgan fingerprint density at radius 2 is 1.86 bits per heavy atom. The molecule has 0 radical (unpaired) electrons. The fourth-order valence-corrected chi connectivity index (χ4v) is 4.00. The summed E-state index contributed by atoms with van der Waals surface area (Å²) in [5.41, 5.74) is 0. The Morgan fingerprint density at radius 1 is 1.29 bits per heavy atom. The summed E-state index contributed by atoms with van der Waals surface area (Å²) in [6, 6.07) is -0.0598. The quantitative estimate of drug-likeness (QED) is 0.731. The first kappa shape index (κ1) is 16.2. The van der Waals surface area contributed by atoms with Crippen molar-refractivity contribution < 1.29 is 23.1 Å². The van der Waals surface area contributed by atoms with Crippen LogP contribution in [-0.2, 0) is 19.8 Å². The summed E-state index contributed by atoms with van der Waals surface area (Å²) in [6.07, 6.45) is 1.14. The van der Waals surface area contributed by atoms with Crippen molar-refractivity contribution in [3.8, 4) is 0 Å². The fourth-order valence-electron chi connectivity index (χ4n) is 2.87. The van der Waals surface area contributed by atoms with Gasteiger partial charge in [0.05, 0.1) is 5.92 Å². The van der Waals surface area contributed by atoms with Gasteiger partial charge in [0.25, 0.3) is 10.2 Å². The second kappa shape index (κ2) is 5.90. The van der Waals surface area contributed by atoms with Crippen LogP contribution < -0.4 is 0 Å². The van der Waals surface area contributed by atoms with Gasteiger partial charge in [0.15, 0.2) is 0 Å². The molecule has 1 amide bonds. The molecule has 2 fully saturated rings. The second-order valence-electron chi connectivity index (χ2n) is 5.71. The van der Waals surface area contributed by atoms with Gasteiger partial charge >= 0.3 is 5.97 Å². The molecule has 2 heterocycles. The predicted octanol–water partition coefficient (Wildman–Crippen LogP) is -0.810. The number of carbonyl (C=O) groups is 2. The molecule has 0 bridgehead atoms. The lowest BCUT2D eigenvalue weighted by Gasteiger charge is -2.36. The number of likely N-dealkylation sites (tertiary alicyclic amines) is 1. The Labute approximate surface area is 124 Å². The van der Waals surface area contributed by atoms with Gasteiger partial charge in [-0.05, 0) is 12.8 Å². The zero-order chi connectivity index (χ0) is 15.8. The average Bonchev–Trinajstić information content (AvgIpc) is 2.81. The Morgan fingerprint density at radius 3 is 2.29 bits per heavy atom. The van der Waals surface area contributed by atoms with Crippen LogP contribution in [0.3, 0.4) is 0 Å². The highest BCUT2D eigenvalue weighted by Crippen LogP contribution is 2.26. The van der Waals surface area contributed by atoms with E-state index in [1.165, 1.54) is 22.7 Å². The third kappa shape index (κ3) is 3.19. The van der Waals surface area contributed by atoms with Gasteiger partial charge in [0, 0.05) is 46.2 Å². The molecule has 21 heavy (non-hydrogen) atoms. The molecule has 1 unspecified atom stereocenters. The molecule has 0 aromatic carbocycles. The van der Waals surface area contributed by atoms with Crippen LogP contribution in [0.15, 0.2) is 0 Å². The topological polar surface area (TPSA) is 98.2 Å². The molecule has 2 rings (SSSR count). The lowest BCUT2D eigenvalue weighted by atomic mass is 10.1. The number of nitrogens with zero attached hydrogens (tertiary/aromatic N) is 3. The minimum Gasteiger partial charge on any atom is -0.481 e. The van der Waals surface area contributed by atoms with Crippen molar-refractivity contribution in [2.24, 2.45) is 5.92 Å². The number of carboxylic acids is 1. The molecular weight excluding hydrogens is 298 g/mol. The van der Waals surface area contributed by atoms with Crippen molar-refractivity contribution in [2.45, 2.75) is 25.3 Å². The van der Waals surface area contributed by atoms with E-state index in [1.54, 1.807) is 4.90 Å². The van der Waals surface area contributed by atoms with Gasteiger partial charge in [-0.1, -0.05) is 0 Å². The molecule has 2 saturated heterocycles. The maximum Gasteiger partial charge on any atom is 0.308 e. The third-order valence-electron chi connectivity index (χ3n) is 4.16. The zero-order valence-electron chi connectivity index (χ0n) is 12.2. The van der Waals surface area contributed by atoms with Crippen LogP contribution >= 0.6 is 0 Å². The molecule has 0 saturated carbocycles. The number of hydrogen-bond acceptors (Lipinski definition) is 4. The van der Waals surface area contributed by atoms with Crippen molar-refractivity contribution in [1.29, 1.82) is 0 Å². The van der Waals surface area contributed by atoms with Gasteiger partial charge in [-0.3, -0.25) is 9.59 Å². The Kier molecular flexibility index (Phi) is 4.54. The van der Waals surface area contributed by atoms with Gasteiger partial charge < -0.3 is 10.0 Å². The maximum atomic E-state index is 12.0. The molecule has 0 aromatic heterocycles. The van der Waals surface area contributed by atoms with Gasteiger partial charge in [0.1, 0.15) is 0 Å². The lowest BCUT2D eigenvalue weighted by Crippen LogP contribution is -2.49. The van der Waals surface area contributed by atoms with E-state index < -0.39 is 22.1 Å². The fraction of sp³-hybridized carbons (Fsp3) is 0.833. The van der Waals surface area contributed by atoms with E-state index in [-0.39, 0.29) is 24.9 Å². The van der Waals surface area contributed by atoms with Crippen molar-refractivity contribution in [3.63, 3.8) is 0 Å². The first-order chi connectivity index (χ1) is 9.73. The summed E-state index contributed by atoms with van der Waals surface area (Å²) < 4.78 is 26.6. The summed E-state index contributed by atoms with van der Waals surface area (Å²) in [4.78, 5) is 24.5. The van der Waals surface area contributed by atoms with Crippen LogP contribution in [0.2, 0.25) is 0 Å². The highest BCUT2D eigenvalue weighted by molar-refractivity contribution is 7.86.